The van der Waals surface area contributed by atoms with E-state index in [0.29, 0.717) is 24.6 Å². The average Bonchev–Trinajstić information content (AvgIpc) is 3.12. The number of sulfonamides is 1. The Morgan fingerprint density at radius 3 is 2.74 bits per heavy atom. The fourth-order valence-electron chi connectivity index (χ4n) is 3.11. The van der Waals surface area contributed by atoms with E-state index in [4.69, 9.17) is 9.26 Å². The minimum Gasteiger partial charge on any atom is -0.497 e. The zero-order valence-electron chi connectivity index (χ0n) is 15.3. The molecule has 0 unspecified atom stereocenters. The summed E-state index contributed by atoms with van der Waals surface area (Å²) in [6.07, 6.45) is 1.67. The second-order valence-electron chi connectivity index (χ2n) is 6.61. The number of nitrogens with one attached hydrogen (secondary N) is 1. The van der Waals surface area contributed by atoms with Crippen molar-refractivity contribution in [2.75, 3.05) is 26.7 Å². The number of carbonyl (C=O) groups excluding carboxylic acids is 1. The van der Waals surface area contributed by atoms with Gasteiger partial charge in [-0.05, 0) is 49.9 Å². The zero-order chi connectivity index (χ0) is 19.4. The van der Waals surface area contributed by atoms with Crippen molar-refractivity contribution >= 4 is 15.9 Å². The van der Waals surface area contributed by atoms with Crippen LogP contribution in [0.25, 0.3) is 0 Å². The molecule has 0 radical (unpaired) electrons. The molecule has 1 aromatic carbocycles. The van der Waals surface area contributed by atoms with Crippen molar-refractivity contribution < 1.29 is 22.5 Å². The molecule has 146 valence electrons. The van der Waals surface area contributed by atoms with Crippen LogP contribution in [0.2, 0.25) is 0 Å². The van der Waals surface area contributed by atoms with Crippen LogP contribution < -0.4 is 9.46 Å². The molecule has 1 N–H and O–H groups in total. The first-order valence-corrected chi connectivity index (χ1v) is 10.2. The molecule has 3 rings (SSSR count). The number of rotatable bonds is 6. The Hall–Kier alpha value is -2.39. The maximum atomic E-state index is 12.5. The molecule has 1 atom stereocenters. The number of carbonyl (C=O) groups is 1. The number of hydrogen-bond donors (Lipinski definition) is 1. The van der Waals surface area contributed by atoms with E-state index < -0.39 is 10.0 Å². The third-order valence-electron chi connectivity index (χ3n) is 4.59. The zero-order valence-corrected chi connectivity index (χ0v) is 16.2. The molecule has 2 heterocycles. The molecule has 0 bridgehead atoms. The fraction of sp³-hybridized carbons (Fsp3) is 0.444. The van der Waals surface area contributed by atoms with Crippen LogP contribution in [0.4, 0.5) is 0 Å². The lowest BCUT2D eigenvalue weighted by molar-refractivity contribution is 0.0666. The Labute approximate surface area is 158 Å². The molecule has 0 aliphatic carbocycles. The number of nitrogens with zero attached hydrogens (tertiary/aromatic N) is 2. The van der Waals surface area contributed by atoms with E-state index in [1.807, 2.05) is 0 Å². The largest absolute Gasteiger partial charge is 0.497 e. The molecule has 1 aliphatic heterocycles. The van der Waals surface area contributed by atoms with Crippen LogP contribution in [0.3, 0.4) is 0 Å². The van der Waals surface area contributed by atoms with E-state index in [1.54, 1.807) is 30.0 Å². The van der Waals surface area contributed by atoms with Gasteiger partial charge in [-0.25, -0.2) is 13.1 Å². The van der Waals surface area contributed by atoms with Crippen molar-refractivity contribution in [1.82, 2.24) is 14.8 Å². The Morgan fingerprint density at radius 2 is 2.11 bits per heavy atom. The maximum absolute atomic E-state index is 12.5. The Bertz CT molecular complexity index is 892. The lowest BCUT2D eigenvalue weighted by Crippen LogP contribution is -2.43. The summed E-state index contributed by atoms with van der Waals surface area (Å²) in [5.41, 5.74) is 0.284. The van der Waals surface area contributed by atoms with E-state index >= 15 is 0 Å². The van der Waals surface area contributed by atoms with Crippen molar-refractivity contribution in [2.24, 2.45) is 5.92 Å². The normalized spacial score (nSPS) is 17.7. The van der Waals surface area contributed by atoms with Crippen LogP contribution in [0.1, 0.15) is 29.1 Å². The molecule has 0 spiro atoms. The summed E-state index contributed by atoms with van der Waals surface area (Å²) in [5.74, 6) is 1.04. The summed E-state index contributed by atoms with van der Waals surface area (Å²) in [4.78, 5) is 14.4. The van der Waals surface area contributed by atoms with E-state index in [0.717, 1.165) is 12.8 Å². The number of likely N-dealkylation sites (tertiary alicyclic amines) is 1. The van der Waals surface area contributed by atoms with E-state index in [-0.39, 0.29) is 29.0 Å². The topological polar surface area (TPSA) is 102 Å². The number of aryl methyl sites for hydroxylation is 1. The predicted molar refractivity (Wildman–Crippen MR) is 98.1 cm³/mol. The number of aromatic nitrogens is 1. The first kappa shape index (κ1) is 19.4. The molecule has 1 amide bonds. The van der Waals surface area contributed by atoms with Crippen molar-refractivity contribution in [2.45, 2.75) is 24.7 Å². The molecule has 1 aromatic heterocycles. The second-order valence-corrected chi connectivity index (χ2v) is 8.38. The summed E-state index contributed by atoms with van der Waals surface area (Å²) in [6.45, 7) is 3.12. The van der Waals surface area contributed by atoms with Gasteiger partial charge in [-0.2, -0.15) is 0 Å². The molecule has 1 saturated heterocycles. The van der Waals surface area contributed by atoms with Crippen LogP contribution in [0.15, 0.2) is 39.8 Å². The first-order chi connectivity index (χ1) is 12.9. The Kier molecular flexibility index (Phi) is 5.81. The van der Waals surface area contributed by atoms with E-state index in [1.165, 1.54) is 19.2 Å². The van der Waals surface area contributed by atoms with Gasteiger partial charge in [-0.15, -0.1) is 0 Å². The van der Waals surface area contributed by atoms with Crippen LogP contribution in [0.5, 0.6) is 5.75 Å². The van der Waals surface area contributed by atoms with Crippen molar-refractivity contribution in [3.8, 4) is 5.75 Å². The number of piperidine rings is 1. The van der Waals surface area contributed by atoms with Gasteiger partial charge in [0.2, 0.25) is 10.0 Å². The highest BCUT2D eigenvalue weighted by molar-refractivity contribution is 7.89. The number of hydrogen-bond acceptors (Lipinski definition) is 6. The van der Waals surface area contributed by atoms with Gasteiger partial charge in [-0.3, -0.25) is 4.79 Å². The molecular formula is C18H23N3O5S. The number of amides is 1. The third kappa shape index (κ3) is 4.67. The molecule has 1 fully saturated rings. The van der Waals surface area contributed by atoms with Crippen LogP contribution in [0, 0.1) is 12.8 Å². The predicted octanol–water partition coefficient (Wildman–Crippen LogP) is 1.82. The van der Waals surface area contributed by atoms with Gasteiger partial charge in [-0.1, -0.05) is 5.16 Å². The summed E-state index contributed by atoms with van der Waals surface area (Å²) in [7, 11) is -2.08. The molecule has 0 saturated carbocycles. The van der Waals surface area contributed by atoms with Gasteiger partial charge in [0.25, 0.3) is 5.91 Å². The van der Waals surface area contributed by atoms with E-state index in [2.05, 4.69) is 9.88 Å². The average molecular weight is 393 g/mol. The molecule has 27 heavy (non-hydrogen) atoms. The van der Waals surface area contributed by atoms with Gasteiger partial charge in [0.15, 0.2) is 5.69 Å². The van der Waals surface area contributed by atoms with Crippen molar-refractivity contribution in [3.05, 3.63) is 41.8 Å². The van der Waals surface area contributed by atoms with Crippen LogP contribution >= 0.6 is 0 Å². The maximum Gasteiger partial charge on any atom is 0.276 e. The number of methoxy groups -OCH3 is 1. The van der Waals surface area contributed by atoms with Crippen LogP contribution in [-0.4, -0.2) is 51.1 Å². The van der Waals surface area contributed by atoms with Gasteiger partial charge < -0.3 is 14.2 Å². The van der Waals surface area contributed by atoms with Crippen molar-refractivity contribution in [3.63, 3.8) is 0 Å². The summed E-state index contributed by atoms with van der Waals surface area (Å²) in [6, 6.07) is 7.83. The highest BCUT2D eigenvalue weighted by Crippen LogP contribution is 2.20. The molecule has 1 aliphatic rings. The fourth-order valence-corrected chi connectivity index (χ4v) is 4.23. The molecular weight excluding hydrogens is 370 g/mol. The number of benzene rings is 1. The Morgan fingerprint density at radius 1 is 1.37 bits per heavy atom. The third-order valence-corrected chi connectivity index (χ3v) is 6.02. The monoisotopic (exact) mass is 393 g/mol. The molecule has 8 nitrogen and oxygen atoms in total. The molecule has 2 aromatic rings. The number of ether oxygens (including phenoxy) is 1. The van der Waals surface area contributed by atoms with Gasteiger partial charge in [0.05, 0.1) is 12.0 Å². The Balaban J connectivity index is 1.59. The van der Waals surface area contributed by atoms with Crippen LogP contribution in [-0.2, 0) is 10.0 Å². The van der Waals surface area contributed by atoms with Gasteiger partial charge in [0.1, 0.15) is 11.5 Å². The summed E-state index contributed by atoms with van der Waals surface area (Å²) in [5, 5.41) is 3.77. The van der Waals surface area contributed by atoms with Gasteiger partial charge in [0, 0.05) is 25.7 Å². The second kappa shape index (κ2) is 8.10. The highest BCUT2D eigenvalue weighted by atomic mass is 32.2. The lowest BCUT2D eigenvalue weighted by Gasteiger charge is -2.32. The van der Waals surface area contributed by atoms with E-state index in [9.17, 15) is 13.2 Å². The quantitative estimate of drug-likeness (QED) is 0.803. The lowest BCUT2D eigenvalue weighted by atomic mass is 9.98. The van der Waals surface area contributed by atoms with Gasteiger partial charge >= 0.3 is 0 Å². The minimum atomic E-state index is -3.61. The summed E-state index contributed by atoms with van der Waals surface area (Å²) >= 11 is 0. The standard InChI is InChI=1S/C18H23N3O5S/c1-13-10-17(20-26-13)18(22)21-9-3-4-14(12-21)11-19-27(23,24)16-7-5-15(25-2)6-8-16/h5-8,10,14,19H,3-4,9,11-12H2,1-2H3/t14-/m1/s1. The minimum absolute atomic E-state index is 0.0451. The summed E-state index contributed by atoms with van der Waals surface area (Å²) < 4.78 is 37.6. The molecule has 9 heteroatoms. The first-order valence-electron chi connectivity index (χ1n) is 8.75. The van der Waals surface area contributed by atoms with Crippen molar-refractivity contribution in [1.29, 1.82) is 0 Å². The highest BCUT2D eigenvalue weighted by Gasteiger charge is 2.27. The smallest absolute Gasteiger partial charge is 0.276 e. The SMILES string of the molecule is COc1ccc(S(=O)(=O)NC[C@H]2CCCN(C(=O)c3cc(C)on3)C2)cc1.